The van der Waals surface area contributed by atoms with Gasteiger partial charge in [-0.25, -0.2) is 22.8 Å². The molecule has 0 amide bonds. The number of sulfone groups is 1. The SMILES string of the molecule is C#CCCCN(CCCC#Cc1ccc(C(=O)OCCN(CCOC(=O)c2ccccc2)c2ccc(N=Nc3ccc(S(=O)(=O)CC)cc3)cc2)cc1)c1ccc(N=Nc2ccc([N+](=O)[O-])cc2OCCOC(=O)c2ccccc2)cc1. The first kappa shape index (κ1) is 59.7. The molecule has 0 saturated carbocycles. The number of rotatable bonds is 28. The summed E-state index contributed by atoms with van der Waals surface area (Å²) in [4.78, 5) is 53.6. The minimum Gasteiger partial charge on any atom is -0.487 e. The van der Waals surface area contributed by atoms with Crippen LogP contribution in [0, 0.1) is 34.3 Å². The van der Waals surface area contributed by atoms with Crippen LogP contribution in [0.2, 0.25) is 0 Å². The first-order valence-electron chi connectivity index (χ1n) is 26.3. The van der Waals surface area contributed by atoms with Crippen molar-refractivity contribution in [2.75, 3.05) is 68.2 Å². The molecule has 0 N–H and O–H groups in total. The van der Waals surface area contributed by atoms with Crippen molar-refractivity contribution < 1.29 is 46.7 Å². The summed E-state index contributed by atoms with van der Waals surface area (Å²) in [5, 5.41) is 28.7. The van der Waals surface area contributed by atoms with Crippen LogP contribution in [0.1, 0.15) is 69.2 Å². The van der Waals surface area contributed by atoms with Crippen molar-refractivity contribution in [3.8, 4) is 29.9 Å². The van der Waals surface area contributed by atoms with Gasteiger partial charge in [-0.15, -0.1) is 17.5 Å². The molecular formula is C63H59N7O11S. The predicted molar refractivity (Wildman–Crippen MR) is 313 cm³/mol. The molecule has 82 heavy (non-hydrogen) atoms. The molecule has 0 aliphatic rings. The van der Waals surface area contributed by atoms with Gasteiger partial charge in [0.05, 0.1) is 68.5 Å². The van der Waals surface area contributed by atoms with E-state index in [9.17, 15) is 32.9 Å². The van der Waals surface area contributed by atoms with Gasteiger partial charge in [0.2, 0.25) is 0 Å². The Kier molecular flexibility index (Phi) is 22.5. The Balaban J connectivity index is 0.894. The van der Waals surface area contributed by atoms with Crippen molar-refractivity contribution in [1.29, 1.82) is 0 Å². The Morgan fingerprint density at radius 1 is 0.561 bits per heavy atom. The number of carbonyl (C=O) groups is 3. The molecule has 0 spiro atoms. The van der Waals surface area contributed by atoms with E-state index in [2.05, 4.69) is 43.1 Å². The Labute approximate surface area is 476 Å². The number of non-ortho nitro benzene ring substituents is 1. The zero-order valence-corrected chi connectivity index (χ0v) is 45.9. The fraction of sp³-hybridized carbons (Fsp3) is 0.222. The van der Waals surface area contributed by atoms with E-state index in [0.717, 1.165) is 36.3 Å². The highest BCUT2D eigenvalue weighted by Gasteiger charge is 2.16. The number of esters is 3. The van der Waals surface area contributed by atoms with Gasteiger partial charge in [-0.1, -0.05) is 55.2 Å². The smallest absolute Gasteiger partial charge is 0.338 e. The van der Waals surface area contributed by atoms with Crippen LogP contribution in [-0.2, 0) is 24.0 Å². The maximum Gasteiger partial charge on any atom is 0.338 e. The minimum absolute atomic E-state index is 0.000153. The van der Waals surface area contributed by atoms with Gasteiger partial charge in [0, 0.05) is 48.9 Å². The summed E-state index contributed by atoms with van der Waals surface area (Å²) in [7, 11) is -3.33. The van der Waals surface area contributed by atoms with Crippen LogP contribution in [0.25, 0.3) is 0 Å². The van der Waals surface area contributed by atoms with Gasteiger partial charge in [0.25, 0.3) is 5.69 Å². The monoisotopic (exact) mass is 1120 g/mol. The fourth-order valence-corrected chi connectivity index (χ4v) is 8.78. The Morgan fingerprint density at radius 2 is 1.04 bits per heavy atom. The van der Waals surface area contributed by atoms with Crippen LogP contribution in [0.3, 0.4) is 0 Å². The number of anilines is 2. The number of nitrogens with zero attached hydrogens (tertiary/aromatic N) is 7. The largest absolute Gasteiger partial charge is 0.487 e. The molecular weight excluding hydrogens is 1060 g/mol. The van der Waals surface area contributed by atoms with E-state index in [-0.39, 0.29) is 60.7 Å². The van der Waals surface area contributed by atoms with E-state index in [1.54, 1.807) is 110 Å². The third-order valence-electron chi connectivity index (χ3n) is 12.3. The summed E-state index contributed by atoms with van der Waals surface area (Å²) < 4.78 is 46.7. The van der Waals surface area contributed by atoms with Crippen molar-refractivity contribution in [2.24, 2.45) is 20.5 Å². The number of ether oxygens (including phenoxy) is 4. The number of unbranched alkanes of at least 4 members (excludes halogenated alkanes) is 2. The maximum absolute atomic E-state index is 13.2. The van der Waals surface area contributed by atoms with E-state index in [1.165, 1.54) is 30.3 Å². The average Bonchev–Trinajstić information content (AvgIpc) is 3.53. The van der Waals surface area contributed by atoms with Crippen LogP contribution >= 0.6 is 0 Å². The molecule has 0 fully saturated rings. The molecule has 0 atom stereocenters. The van der Waals surface area contributed by atoms with E-state index in [0.29, 0.717) is 59.7 Å². The fourth-order valence-electron chi connectivity index (χ4n) is 7.89. The van der Waals surface area contributed by atoms with Crippen LogP contribution in [-0.4, -0.2) is 89.6 Å². The van der Waals surface area contributed by atoms with E-state index in [1.807, 2.05) is 47.4 Å². The average molecular weight is 1120 g/mol. The molecule has 0 aliphatic heterocycles. The highest BCUT2D eigenvalue weighted by atomic mass is 32.2. The highest BCUT2D eigenvalue weighted by Crippen LogP contribution is 2.34. The zero-order valence-electron chi connectivity index (χ0n) is 45.0. The third kappa shape index (κ3) is 18.6. The van der Waals surface area contributed by atoms with Crippen LogP contribution in [0.15, 0.2) is 201 Å². The molecule has 0 saturated heterocycles. The molecule has 7 aromatic rings. The lowest BCUT2D eigenvalue weighted by Gasteiger charge is -2.24. The van der Waals surface area contributed by atoms with E-state index < -0.39 is 32.7 Å². The molecule has 418 valence electrons. The van der Waals surface area contributed by atoms with Crippen molar-refractivity contribution in [3.63, 3.8) is 0 Å². The van der Waals surface area contributed by atoms with E-state index in [4.69, 9.17) is 25.4 Å². The molecule has 0 heterocycles. The van der Waals surface area contributed by atoms with Crippen LogP contribution in [0.4, 0.5) is 39.8 Å². The van der Waals surface area contributed by atoms with Gasteiger partial charge in [0.1, 0.15) is 32.1 Å². The second-order valence-corrected chi connectivity index (χ2v) is 20.3. The van der Waals surface area contributed by atoms with Crippen molar-refractivity contribution in [3.05, 3.63) is 208 Å². The number of hydrogen-bond acceptors (Lipinski definition) is 17. The van der Waals surface area contributed by atoms with Crippen LogP contribution in [0.5, 0.6) is 5.75 Å². The molecule has 18 nitrogen and oxygen atoms in total. The summed E-state index contributed by atoms with van der Waals surface area (Å²) in [6.45, 7) is 3.55. The van der Waals surface area contributed by atoms with Crippen molar-refractivity contribution in [2.45, 2.75) is 37.5 Å². The molecule has 19 heteroatoms. The first-order valence-corrected chi connectivity index (χ1v) is 28.0. The Bertz CT molecular complexity index is 3530. The Hall–Kier alpha value is -9.98. The topological polar surface area (TPSA) is 221 Å². The number of nitro benzene ring substituents is 1. The van der Waals surface area contributed by atoms with Crippen LogP contribution < -0.4 is 14.5 Å². The van der Waals surface area contributed by atoms with Crippen molar-refractivity contribution >= 4 is 67.6 Å². The minimum atomic E-state index is -3.33. The van der Waals surface area contributed by atoms with Gasteiger partial charge >= 0.3 is 17.9 Å². The third-order valence-corrected chi connectivity index (χ3v) is 14.1. The summed E-state index contributed by atoms with van der Waals surface area (Å²) in [5.41, 5.74) is 5.29. The molecule has 0 unspecified atom stereocenters. The first-order chi connectivity index (χ1) is 39.9. The maximum atomic E-state index is 13.2. The van der Waals surface area contributed by atoms with E-state index >= 15 is 0 Å². The number of azo groups is 2. The number of hydrogen-bond donors (Lipinski definition) is 0. The lowest BCUT2D eigenvalue weighted by atomic mass is 10.1. The van der Waals surface area contributed by atoms with Gasteiger partial charge in [-0.05, 0) is 140 Å². The lowest BCUT2D eigenvalue weighted by Crippen LogP contribution is -2.32. The highest BCUT2D eigenvalue weighted by molar-refractivity contribution is 7.91. The summed E-state index contributed by atoms with van der Waals surface area (Å²) in [6.07, 6.45) is 8.35. The summed E-state index contributed by atoms with van der Waals surface area (Å²) in [6, 6.07) is 49.0. The number of terminal acetylenes is 1. The zero-order chi connectivity index (χ0) is 57.9. The predicted octanol–water partition coefficient (Wildman–Crippen LogP) is 13.0. The molecule has 0 radical (unpaired) electrons. The van der Waals surface area contributed by atoms with Gasteiger partial charge < -0.3 is 28.7 Å². The molecule has 0 aromatic heterocycles. The standard InChI is InChI=1S/C63H59N7O11S/c1-3-5-14-39-68(55-31-27-53(28-32-55)66-67-59-38-35-57(70(74)75)47-60(59)78-45-46-81-62(72)50-19-12-7-13-20-50)40-15-8-9-16-48-21-23-51(24-22-48)63(73)80-44-42-69(41-43-79-61(71)49-17-10-6-11-18-49)56-33-25-52(26-34-56)64-65-54-29-36-58(37-30-54)82(76,77)4-2/h1,6-7,10-13,17-38,47H,4-5,8,14-15,39-46H2,2H3. The number of carbonyl (C=O) groups excluding carboxylic acids is 3. The van der Waals surface area contributed by atoms with Gasteiger partial charge in [0.15, 0.2) is 15.6 Å². The second kappa shape index (κ2) is 31.0. The van der Waals surface area contributed by atoms with Crippen molar-refractivity contribution in [1.82, 2.24) is 0 Å². The molecule has 0 bridgehead atoms. The Morgan fingerprint density at radius 3 is 1.55 bits per heavy atom. The summed E-state index contributed by atoms with van der Waals surface area (Å²) >= 11 is 0. The summed E-state index contributed by atoms with van der Waals surface area (Å²) in [5.74, 6) is 7.76. The molecule has 7 rings (SSSR count). The number of benzene rings is 7. The van der Waals surface area contributed by atoms with Gasteiger partial charge in [-0.3, -0.25) is 10.1 Å². The molecule has 7 aromatic carbocycles. The molecule has 0 aliphatic carbocycles. The second-order valence-electron chi connectivity index (χ2n) is 18.0. The quantitative estimate of drug-likeness (QED) is 0.00848. The lowest BCUT2D eigenvalue weighted by molar-refractivity contribution is -0.384. The normalized spacial score (nSPS) is 11.0. The number of nitro groups is 1. The van der Waals surface area contributed by atoms with Gasteiger partial charge in [-0.2, -0.15) is 15.3 Å².